The summed E-state index contributed by atoms with van der Waals surface area (Å²) in [5.41, 5.74) is 0.985. The Labute approximate surface area is 154 Å². The summed E-state index contributed by atoms with van der Waals surface area (Å²) in [6.45, 7) is 4.71. The van der Waals surface area contributed by atoms with Gasteiger partial charge in [0.25, 0.3) is 0 Å². The lowest BCUT2D eigenvalue weighted by Gasteiger charge is -2.33. The number of carbonyl (C=O) groups excluding carboxylic acids is 1. The summed E-state index contributed by atoms with van der Waals surface area (Å²) in [5, 5.41) is 3.44. The summed E-state index contributed by atoms with van der Waals surface area (Å²) >= 11 is 0. The van der Waals surface area contributed by atoms with Gasteiger partial charge in [0, 0.05) is 25.6 Å². The highest BCUT2D eigenvalue weighted by Crippen LogP contribution is 2.10. The number of ether oxygens (including phenoxy) is 2. The number of carbonyl (C=O) groups is 1. The summed E-state index contributed by atoms with van der Waals surface area (Å²) in [4.78, 5) is 14.0. The summed E-state index contributed by atoms with van der Waals surface area (Å²) in [6, 6.07) is 13.8. The van der Waals surface area contributed by atoms with Gasteiger partial charge in [-0.1, -0.05) is 30.3 Å². The van der Waals surface area contributed by atoms with Crippen molar-refractivity contribution < 1.29 is 18.7 Å². The van der Waals surface area contributed by atoms with E-state index in [4.69, 9.17) is 13.9 Å². The van der Waals surface area contributed by atoms with Crippen LogP contribution in [0.4, 0.5) is 4.79 Å². The number of rotatable bonds is 7. The second kappa shape index (κ2) is 9.40. The van der Waals surface area contributed by atoms with Gasteiger partial charge in [0.15, 0.2) is 0 Å². The first kappa shape index (κ1) is 18.5. The molecule has 1 aliphatic heterocycles. The van der Waals surface area contributed by atoms with Crippen molar-refractivity contribution in [1.82, 2.24) is 10.2 Å². The highest BCUT2D eigenvalue weighted by Gasteiger charge is 2.25. The molecule has 1 amide bonds. The molecule has 3 rings (SSSR count). The predicted octanol–water partition coefficient (Wildman–Crippen LogP) is 2.84. The molecule has 2 heterocycles. The van der Waals surface area contributed by atoms with Crippen molar-refractivity contribution >= 4 is 6.09 Å². The maximum atomic E-state index is 12.3. The van der Waals surface area contributed by atoms with Crippen LogP contribution in [-0.4, -0.2) is 49.4 Å². The molecule has 2 atom stereocenters. The monoisotopic (exact) mass is 358 g/mol. The molecule has 1 aromatic heterocycles. The number of hydrogen-bond acceptors (Lipinski definition) is 5. The normalized spacial score (nSPS) is 18.5. The van der Waals surface area contributed by atoms with Crippen LogP contribution in [0.1, 0.15) is 18.2 Å². The van der Waals surface area contributed by atoms with Crippen LogP contribution in [-0.2, 0) is 22.5 Å². The molecule has 26 heavy (non-hydrogen) atoms. The smallest absolute Gasteiger partial charge is 0.410 e. The van der Waals surface area contributed by atoms with Gasteiger partial charge in [0.2, 0.25) is 0 Å². The lowest BCUT2D eigenvalue weighted by atomic mass is 10.2. The maximum absolute atomic E-state index is 12.3. The Balaban J connectivity index is 1.39. The first-order valence-corrected chi connectivity index (χ1v) is 9.03. The molecule has 6 heteroatoms. The molecule has 6 nitrogen and oxygen atoms in total. The van der Waals surface area contributed by atoms with Crippen molar-refractivity contribution in [1.29, 1.82) is 0 Å². The van der Waals surface area contributed by atoms with Gasteiger partial charge in [-0.05, 0) is 24.6 Å². The number of nitrogens with zero attached hydrogens (tertiary/aromatic N) is 1. The van der Waals surface area contributed by atoms with E-state index < -0.39 is 0 Å². The van der Waals surface area contributed by atoms with Crippen LogP contribution in [0.5, 0.6) is 0 Å². The molecule has 1 aromatic carbocycles. The van der Waals surface area contributed by atoms with Gasteiger partial charge in [-0.25, -0.2) is 4.79 Å². The van der Waals surface area contributed by atoms with Gasteiger partial charge in [-0.3, -0.25) is 0 Å². The zero-order valence-electron chi connectivity index (χ0n) is 15.1. The van der Waals surface area contributed by atoms with Crippen molar-refractivity contribution in [3.05, 3.63) is 60.1 Å². The van der Waals surface area contributed by atoms with Crippen molar-refractivity contribution in [3.8, 4) is 0 Å². The van der Waals surface area contributed by atoms with Crippen LogP contribution in [0, 0.1) is 0 Å². The Morgan fingerprint density at radius 2 is 2.15 bits per heavy atom. The fourth-order valence-corrected chi connectivity index (χ4v) is 2.95. The third-order valence-electron chi connectivity index (χ3n) is 4.38. The third-order valence-corrected chi connectivity index (χ3v) is 4.38. The molecule has 1 fully saturated rings. The topological polar surface area (TPSA) is 63.9 Å². The molecule has 0 spiro atoms. The summed E-state index contributed by atoms with van der Waals surface area (Å²) in [5.74, 6) is 0.959. The Hall–Kier alpha value is -2.31. The fourth-order valence-electron chi connectivity index (χ4n) is 2.95. The molecule has 1 aliphatic rings. The van der Waals surface area contributed by atoms with Gasteiger partial charge in [-0.2, -0.15) is 0 Å². The van der Waals surface area contributed by atoms with E-state index in [1.807, 2.05) is 42.5 Å². The zero-order valence-corrected chi connectivity index (χ0v) is 15.1. The highest BCUT2D eigenvalue weighted by molar-refractivity contribution is 5.67. The van der Waals surface area contributed by atoms with Crippen molar-refractivity contribution in [3.63, 3.8) is 0 Å². The Bertz CT molecular complexity index is 660. The van der Waals surface area contributed by atoms with E-state index in [1.54, 1.807) is 11.2 Å². The minimum Gasteiger partial charge on any atom is -0.469 e. The summed E-state index contributed by atoms with van der Waals surface area (Å²) < 4.78 is 16.5. The van der Waals surface area contributed by atoms with Crippen LogP contribution >= 0.6 is 0 Å². The SMILES string of the molecule is CC(Cc1ccco1)NCC1CN(C(=O)OCc2ccccc2)CCO1. The first-order valence-electron chi connectivity index (χ1n) is 9.03. The molecular formula is C20H26N2O4. The summed E-state index contributed by atoms with van der Waals surface area (Å²) in [7, 11) is 0. The molecule has 140 valence electrons. The zero-order chi connectivity index (χ0) is 18.2. The van der Waals surface area contributed by atoms with E-state index in [-0.39, 0.29) is 18.2 Å². The average molecular weight is 358 g/mol. The van der Waals surface area contributed by atoms with Crippen molar-refractivity contribution in [2.45, 2.75) is 32.1 Å². The molecule has 2 unspecified atom stereocenters. The maximum Gasteiger partial charge on any atom is 0.410 e. The molecule has 0 saturated carbocycles. The number of morpholine rings is 1. The highest BCUT2D eigenvalue weighted by atomic mass is 16.6. The Morgan fingerprint density at radius 3 is 2.92 bits per heavy atom. The van der Waals surface area contributed by atoms with E-state index >= 15 is 0 Å². The van der Waals surface area contributed by atoms with Gasteiger partial charge < -0.3 is 24.1 Å². The van der Waals surface area contributed by atoms with E-state index in [0.717, 1.165) is 17.7 Å². The van der Waals surface area contributed by atoms with Gasteiger partial charge in [-0.15, -0.1) is 0 Å². The molecule has 0 aliphatic carbocycles. The van der Waals surface area contributed by atoms with Crippen LogP contribution in [0.3, 0.4) is 0 Å². The summed E-state index contributed by atoms with van der Waals surface area (Å²) in [6.07, 6.45) is 2.19. The number of benzene rings is 1. The van der Waals surface area contributed by atoms with E-state index in [2.05, 4.69) is 12.2 Å². The third kappa shape index (κ3) is 5.61. The van der Waals surface area contributed by atoms with Crippen molar-refractivity contribution in [2.24, 2.45) is 0 Å². The Kier molecular flexibility index (Phi) is 6.68. The molecule has 0 radical (unpaired) electrons. The van der Waals surface area contributed by atoms with Crippen LogP contribution in [0.25, 0.3) is 0 Å². The van der Waals surface area contributed by atoms with Crippen LogP contribution in [0.2, 0.25) is 0 Å². The van der Waals surface area contributed by atoms with Crippen LogP contribution in [0.15, 0.2) is 53.1 Å². The minimum absolute atomic E-state index is 0.0351. The fraction of sp³-hybridized carbons (Fsp3) is 0.450. The quantitative estimate of drug-likeness (QED) is 0.825. The van der Waals surface area contributed by atoms with Crippen LogP contribution < -0.4 is 5.32 Å². The predicted molar refractivity (Wildman–Crippen MR) is 97.8 cm³/mol. The molecular weight excluding hydrogens is 332 g/mol. The largest absolute Gasteiger partial charge is 0.469 e. The standard InChI is InChI=1S/C20H26N2O4/c1-16(12-18-8-5-10-24-18)21-13-19-14-22(9-11-25-19)20(23)26-15-17-6-3-2-4-7-17/h2-8,10,16,19,21H,9,11-15H2,1H3. The lowest BCUT2D eigenvalue weighted by Crippen LogP contribution is -2.50. The average Bonchev–Trinajstić information content (AvgIpc) is 3.18. The van der Waals surface area contributed by atoms with E-state index in [9.17, 15) is 4.79 Å². The van der Waals surface area contributed by atoms with E-state index in [0.29, 0.717) is 32.8 Å². The number of furan rings is 1. The molecule has 1 saturated heterocycles. The van der Waals surface area contributed by atoms with Gasteiger partial charge in [0.05, 0.1) is 25.5 Å². The van der Waals surface area contributed by atoms with Gasteiger partial charge >= 0.3 is 6.09 Å². The van der Waals surface area contributed by atoms with E-state index in [1.165, 1.54) is 0 Å². The molecule has 1 N–H and O–H groups in total. The first-order chi connectivity index (χ1) is 12.7. The second-order valence-corrected chi connectivity index (χ2v) is 6.57. The second-order valence-electron chi connectivity index (χ2n) is 6.57. The molecule has 2 aromatic rings. The van der Waals surface area contributed by atoms with Crippen molar-refractivity contribution in [2.75, 3.05) is 26.2 Å². The molecule has 0 bridgehead atoms. The lowest BCUT2D eigenvalue weighted by molar-refractivity contribution is -0.0278. The minimum atomic E-state index is -0.286. The number of amides is 1. The number of hydrogen-bond donors (Lipinski definition) is 1. The number of nitrogens with one attached hydrogen (secondary N) is 1. The van der Waals surface area contributed by atoms with Gasteiger partial charge in [0.1, 0.15) is 12.4 Å². The Morgan fingerprint density at radius 1 is 1.31 bits per heavy atom.